The van der Waals surface area contributed by atoms with Crippen molar-refractivity contribution >= 4 is 23.2 Å². The molecule has 2 amide bonds. The maximum atomic E-state index is 13.2. The van der Waals surface area contributed by atoms with E-state index in [1.54, 1.807) is 66.4 Å². The minimum Gasteiger partial charge on any atom is -0.368 e. The summed E-state index contributed by atoms with van der Waals surface area (Å²) in [5.74, 6) is -0.826. The highest BCUT2D eigenvalue weighted by Crippen LogP contribution is 2.17. The third kappa shape index (κ3) is 5.11. The molecule has 0 aliphatic carbocycles. The molecule has 0 atom stereocenters. The number of amides is 2. The van der Waals surface area contributed by atoms with E-state index in [0.717, 1.165) is 5.69 Å². The summed E-state index contributed by atoms with van der Waals surface area (Å²) in [4.78, 5) is 42.2. The third-order valence-electron chi connectivity index (χ3n) is 5.79. The van der Waals surface area contributed by atoms with E-state index in [-0.39, 0.29) is 29.9 Å². The Morgan fingerprint density at radius 3 is 2.24 bits per heavy atom. The summed E-state index contributed by atoms with van der Waals surface area (Å²) in [5, 5.41) is 2.64. The van der Waals surface area contributed by atoms with E-state index < -0.39 is 5.56 Å². The summed E-state index contributed by atoms with van der Waals surface area (Å²) in [6.45, 7) is 3.92. The fourth-order valence-electron chi connectivity index (χ4n) is 3.85. The third-order valence-corrected chi connectivity index (χ3v) is 5.79. The molecule has 2 aromatic carbocycles. The number of carbonyl (C=O) groups is 2. The maximum absolute atomic E-state index is 13.2. The Labute approximate surface area is 191 Å². The lowest BCUT2D eigenvalue weighted by Gasteiger charge is -2.36. The quantitative estimate of drug-likeness (QED) is 0.651. The highest BCUT2D eigenvalue weighted by atomic mass is 19.1. The number of rotatable bonds is 5. The van der Waals surface area contributed by atoms with Gasteiger partial charge in [-0.3, -0.25) is 14.4 Å². The van der Waals surface area contributed by atoms with Gasteiger partial charge >= 0.3 is 0 Å². The zero-order chi connectivity index (χ0) is 23.4. The van der Waals surface area contributed by atoms with Gasteiger partial charge in [-0.15, -0.1) is 0 Å². The van der Waals surface area contributed by atoms with Gasteiger partial charge in [-0.1, -0.05) is 18.2 Å². The Bertz CT molecular complexity index is 1200. The van der Waals surface area contributed by atoms with Crippen LogP contribution in [0, 0.1) is 12.7 Å². The van der Waals surface area contributed by atoms with E-state index in [4.69, 9.17) is 0 Å². The molecule has 7 nitrogen and oxygen atoms in total. The van der Waals surface area contributed by atoms with Crippen LogP contribution in [-0.2, 0) is 11.3 Å². The van der Waals surface area contributed by atoms with E-state index in [9.17, 15) is 18.8 Å². The molecule has 3 aromatic rings. The first kappa shape index (κ1) is 22.3. The van der Waals surface area contributed by atoms with E-state index in [2.05, 4.69) is 10.2 Å². The molecule has 2 heterocycles. The van der Waals surface area contributed by atoms with Crippen LogP contribution in [0.4, 0.5) is 15.8 Å². The lowest BCUT2D eigenvalue weighted by atomic mass is 10.2. The van der Waals surface area contributed by atoms with Gasteiger partial charge in [0.05, 0.1) is 0 Å². The maximum Gasteiger partial charge on any atom is 0.274 e. The molecule has 170 valence electrons. The summed E-state index contributed by atoms with van der Waals surface area (Å²) in [6, 6.07) is 18.2. The van der Waals surface area contributed by atoms with Crippen molar-refractivity contribution in [3.8, 4) is 0 Å². The van der Waals surface area contributed by atoms with Crippen molar-refractivity contribution in [3.05, 3.63) is 94.2 Å². The van der Waals surface area contributed by atoms with Gasteiger partial charge in [-0.25, -0.2) is 4.39 Å². The monoisotopic (exact) mass is 448 g/mol. The van der Waals surface area contributed by atoms with Crippen molar-refractivity contribution in [1.29, 1.82) is 0 Å². The van der Waals surface area contributed by atoms with Crippen molar-refractivity contribution in [2.24, 2.45) is 0 Å². The number of piperazine rings is 1. The Morgan fingerprint density at radius 2 is 1.58 bits per heavy atom. The minimum atomic E-state index is -0.419. The fourth-order valence-corrected chi connectivity index (χ4v) is 3.85. The average Bonchev–Trinajstić information content (AvgIpc) is 2.84. The molecule has 0 spiro atoms. The highest BCUT2D eigenvalue weighted by molar-refractivity contribution is 6.04. The zero-order valence-electron chi connectivity index (χ0n) is 18.3. The predicted molar refractivity (Wildman–Crippen MR) is 125 cm³/mol. The Kier molecular flexibility index (Phi) is 6.53. The summed E-state index contributed by atoms with van der Waals surface area (Å²) >= 11 is 0. The molecule has 1 aliphatic rings. The normalized spacial score (nSPS) is 13.6. The number of nitrogens with one attached hydrogen (secondary N) is 1. The number of benzene rings is 2. The highest BCUT2D eigenvalue weighted by Gasteiger charge is 2.22. The first-order valence-corrected chi connectivity index (χ1v) is 10.8. The number of hydrogen-bond acceptors (Lipinski definition) is 4. The van der Waals surface area contributed by atoms with Crippen LogP contribution >= 0.6 is 0 Å². The predicted octanol–water partition coefficient (Wildman–Crippen LogP) is 2.90. The van der Waals surface area contributed by atoms with Crippen LogP contribution in [0.2, 0.25) is 0 Å². The van der Waals surface area contributed by atoms with Gasteiger partial charge in [0, 0.05) is 43.1 Å². The van der Waals surface area contributed by atoms with Crippen LogP contribution in [0.5, 0.6) is 0 Å². The molecule has 1 aromatic heterocycles. The molecule has 0 bridgehead atoms. The number of halogens is 1. The van der Waals surface area contributed by atoms with Gasteiger partial charge in [0.25, 0.3) is 11.5 Å². The molecule has 4 rings (SSSR count). The summed E-state index contributed by atoms with van der Waals surface area (Å²) in [5.41, 5.74) is 1.70. The second-order valence-electron chi connectivity index (χ2n) is 7.94. The molecule has 1 N–H and O–H groups in total. The summed E-state index contributed by atoms with van der Waals surface area (Å²) < 4.78 is 14.5. The lowest BCUT2D eigenvalue weighted by Crippen LogP contribution is -2.50. The second-order valence-corrected chi connectivity index (χ2v) is 7.94. The van der Waals surface area contributed by atoms with Gasteiger partial charge in [0.2, 0.25) is 5.91 Å². The molecule has 33 heavy (non-hydrogen) atoms. The fraction of sp³-hybridized carbons (Fsp3) is 0.240. The smallest absolute Gasteiger partial charge is 0.274 e. The van der Waals surface area contributed by atoms with Crippen molar-refractivity contribution in [1.82, 2.24) is 9.47 Å². The number of aryl methyl sites for hydroxylation is 1. The minimum absolute atomic E-state index is 0.101. The average molecular weight is 448 g/mol. The van der Waals surface area contributed by atoms with Crippen molar-refractivity contribution in [3.63, 3.8) is 0 Å². The van der Waals surface area contributed by atoms with Crippen LogP contribution in [0.25, 0.3) is 0 Å². The molecule has 1 fully saturated rings. The van der Waals surface area contributed by atoms with Crippen LogP contribution in [0.1, 0.15) is 16.1 Å². The number of nitrogens with zero attached hydrogens (tertiary/aromatic N) is 3. The first-order chi connectivity index (χ1) is 15.9. The second kappa shape index (κ2) is 9.68. The largest absolute Gasteiger partial charge is 0.368 e. The molecular weight excluding hydrogens is 423 g/mol. The van der Waals surface area contributed by atoms with Crippen molar-refractivity contribution in [2.45, 2.75) is 13.5 Å². The van der Waals surface area contributed by atoms with Crippen LogP contribution in [0.15, 0.2) is 71.5 Å². The summed E-state index contributed by atoms with van der Waals surface area (Å²) in [6.07, 6.45) is 0. The molecular formula is C25H25FN4O3. The topological polar surface area (TPSA) is 74.6 Å². The van der Waals surface area contributed by atoms with Gasteiger partial charge in [0.1, 0.15) is 18.0 Å². The molecule has 0 radical (unpaired) electrons. The standard InChI is InChI=1S/C25H25FN4O3/c1-18-7-12-22(27-24(32)19-5-3-2-4-6-19)25(33)30(18)17-23(31)29-15-13-28(14-16-29)21-10-8-20(26)9-11-21/h2-12H,13-17H2,1H3,(H,27,32). The van der Waals surface area contributed by atoms with E-state index >= 15 is 0 Å². The van der Waals surface area contributed by atoms with E-state index in [0.29, 0.717) is 37.4 Å². The van der Waals surface area contributed by atoms with Crippen LogP contribution in [0.3, 0.4) is 0 Å². The summed E-state index contributed by atoms with van der Waals surface area (Å²) in [7, 11) is 0. The van der Waals surface area contributed by atoms with Crippen LogP contribution < -0.4 is 15.8 Å². The van der Waals surface area contributed by atoms with Gasteiger partial charge < -0.3 is 19.7 Å². The van der Waals surface area contributed by atoms with Gasteiger partial charge in [0.15, 0.2) is 0 Å². The molecule has 1 aliphatic heterocycles. The Hall–Kier alpha value is -3.94. The number of anilines is 2. The molecule has 0 saturated carbocycles. The zero-order valence-corrected chi connectivity index (χ0v) is 18.3. The van der Waals surface area contributed by atoms with Crippen molar-refractivity contribution in [2.75, 3.05) is 36.4 Å². The van der Waals surface area contributed by atoms with Crippen molar-refractivity contribution < 1.29 is 14.0 Å². The molecule has 8 heteroatoms. The Morgan fingerprint density at radius 1 is 0.909 bits per heavy atom. The molecule has 0 unspecified atom stereocenters. The first-order valence-electron chi connectivity index (χ1n) is 10.8. The van der Waals surface area contributed by atoms with Gasteiger partial charge in [-0.2, -0.15) is 0 Å². The number of carbonyl (C=O) groups excluding carboxylic acids is 2. The molecule has 1 saturated heterocycles. The SMILES string of the molecule is Cc1ccc(NC(=O)c2ccccc2)c(=O)n1CC(=O)N1CCN(c2ccc(F)cc2)CC1. The number of hydrogen-bond donors (Lipinski definition) is 1. The Balaban J connectivity index is 1.42. The van der Waals surface area contributed by atoms with Crippen LogP contribution in [-0.4, -0.2) is 47.5 Å². The lowest BCUT2D eigenvalue weighted by molar-refractivity contribution is -0.132. The van der Waals surface area contributed by atoms with E-state index in [1.807, 2.05) is 0 Å². The number of pyridine rings is 1. The van der Waals surface area contributed by atoms with E-state index in [1.165, 1.54) is 16.7 Å². The number of aromatic nitrogens is 1. The van der Waals surface area contributed by atoms with Gasteiger partial charge in [-0.05, 0) is 55.5 Å².